The van der Waals surface area contributed by atoms with Crippen LogP contribution in [0.4, 0.5) is 0 Å². The second-order valence-corrected chi connectivity index (χ2v) is 7.71. The maximum atomic E-state index is 8.37. The lowest BCUT2D eigenvalue weighted by molar-refractivity contribution is 0.667. The summed E-state index contributed by atoms with van der Waals surface area (Å²) in [7, 11) is 0. The Kier molecular flexibility index (Phi) is 3.63. The van der Waals surface area contributed by atoms with E-state index in [0.29, 0.717) is 17.1 Å². The summed E-state index contributed by atoms with van der Waals surface area (Å²) in [4.78, 5) is 9.21. The van der Waals surface area contributed by atoms with Gasteiger partial charge in [-0.25, -0.2) is 9.97 Å². The topological polar surface area (TPSA) is 69.6 Å². The van der Waals surface area contributed by atoms with E-state index >= 15 is 0 Å². The average Bonchev–Trinajstić information content (AvgIpc) is 3.37. The van der Waals surface area contributed by atoms with Crippen LogP contribution in [0.1, 0.15) is 26.7 Å². The zero-order chi connectivity index (χ0) is 21.9. The van der Waals surface area contributed by atoms with Gasteiger partial charge >= 0.3 is 0 Å². The van der Waals surface area contributed by atoms with Crippen LogP contribution in [-0.4, -0.2) is 24.7 Å². The minimum atomic E-state index is -0.707. The molecule has 6 nitrogen and oxygen atoms in total. The molecule has 3 heterocycles. The lowest BCUT2D eigenvalue weighted by atomic mass is 10.0. The molecule has 0 spiro atoms. The highest BCUT2D eigenvalue weighted by Gasteiger charge is 2.21. The first-order valence-electron chi connectivity index (χ1n) is 10.6. The number of hydrogen-bond acceptors (Lipinski definition) is 5. The van der Waals surface area contributed by atoms with E-state index in [1.807, 2.05) is 85.1 Å². The third kappa shape index (κ3) is 2.72. The molecule has 0 radical (unpaired) electrons. The summed E-state index contributed by atoms with van der Waals surface area (Å²) in [5.74, 6) is -0.0216. The maximum Gasteiger partial charge on any atom is 0.220 e. The Hall–Kier alpha value is -4.06. The number of para-hydroxylation sites is 2. The minimum absolute atomic E-state index is 0.470. The summed E-state index contributed by atoms with van der Waals surface area (Å²) in [5.41, 5.74) is 5.27. The predicted molar refractivity (Wildman–Crippen MR) is 121 cm³/mol. The zero-order valence-electron chi connectivity index (χ0n) is 18.1. The van der Waals surface area contributed by atoms with E-state index in [1.165, 1.54) is 6.33 Å². The Balaban J connectivity index is 1.67. The normalized spacial score (nSPS) is 12.6. The van der Waals surface area contributed by atoms with Crippen molar-refractivity contribution < 1.29 is 5.79 Å². The van der Waals surface area contributed by atoms with Gasteiger partial charge in [0.1, 0.15) is 17.5 Å². The third-order valence-corrected chi connectivity index (χ3v) is 5.55. The summed E-state index contributed by atoms with van der Waals surface area (Å²) in [6.45, 7) is 3.75. The predicted octanol–water partition coefficient (Wildman–Crippen LogP) is 5.90. The Morgan fingerprint density at radius 3 is 2.68 bits per heavy atom. The van der Waals surface area contributed by atoms with E-state index in [0.717, 1.165) is 38.8 Å². The van der Waals surface area contributed by atoms with Crippen LogP contribution in [0.15, 0.2) is 77.5 Å². The van der Waals surface area contributed by atoms with Gasteiger partial charge in [-0.15, -0.1) is 10.2 Å². The van der Waals surface area contributed by atoms with Crippen molar-refractivity contribution in [1.29, 1.82) is 0 Å². The summed E-state index contributed by atoms with van der Waals surface area (Å²) in [6.07, 6.45) is 1.43. The molecule has 0 aliphatic heterocycles. The highest BCUT2D eigenvalue weighted by molar-refractivity contribution is 6.09. The number of fused-ring (bicyclic) bond motifs is 4. The van der Waals surface area contributed by atoms with E-state index in [1.54, 1.807) is 0 Å². The molecule has 0 saturated carbocycles. The molecule has 0 fully saturated rings. The van der Waals surface area contributed by atoms with Crippen LogP contribution >= 0.6 is 0 Å². The molecule has 6 rings (SSSR count). The van der Waals surface area contributed by atoms with Gasteiger partial charge in [0.15, 0.2) is 11.5 Å². The summed E-state index contributed by atoms with van der Waals surface area (Å²) in [6, 6.07) is 22.0. The first-order chi connectivity index (χ1) is 15.5. The number of aromatic nitrogens is 5. The van der Waals surface area contributed by atoms with Gasteiger partial charge in [-0.2, -0.15) is 0 Å². The molecule has 0 N–H and O–H groups in total. The second-order valence-electron chi connectivity index (χ2n) is 7.71. The molecule has 0 amide bonds. The molecule has 0 unspecified atom stereocenters. The van der Waals surface area contributed by atoms with Gasteiger partial charge < -0.3 is 4.42 Å². The first kappa shape index (κ1) is 16.7. The third-order valence-electron chi connectivity index (χ3n) is 5.55. The van der Waals surface area contributed by atoms with Crippen LogP contribution in [0.25, 0.3) is 50.3 Å². The van der Waals surface area contributed by atoms with E-state index in [4.69, 9.17) is 10.8 Å². The average molecular weight is 406 g/mol. The van der Waals surface area contributed by atoms with Gasteiger partial charge in [0.25, 0.3) is 0 Å². The van der Waals surface area contributed by atoms with Gasteiger partial charge in [0.05, 0.1) is 5.56 Å². The van der Waals surface area contributed by atoms with Gasteiger partial charge in [0, 0.05) is 17.8 Å². The Bertz CT molecular complexity index is 1610. The first-order valence-corrected chi connectivity index (χ1v) is 10.1. The molecule has 0 atom stereocenters. The molecule has 0 saturated heterocycles. The van der Waals surface area contributed by atoms with Gasteiger partial charge in [-0.05, 0) is 35.7 Å². The SMILES string of the molecule is [2H]C(C)(C)c1ccc2c(c1)oc1c(-c3nc4nncnc4n3-c3ccccc3)cccc12. The van der Waals surface area contributed by atoms with Crippen molar-refractivity contribution in [1.82, 2.24) is 24.7 Å². The fourth-order valence-corrected chi connectivity index (χ4v) is 4.03. The monoisotopic (exact) mass is 406 g/mol. The van der Waals surface area contributed by atoms with Crippen LogP contribution in [0.5, 0.6) is 0 Å². The number of benzene rings is 3. The molecule has 31 heavy (non-hydrogen) atoms. The lowest BCUT2D eigenvalue weighted by Crippen LogP contribution is -1.99. The summed E-state index contributed by atoms with van der Waals surface area (Å²) in [5, 5.41) is 10.1. The van der Waals surface area contributed by atoms with E-state index in [9.17, 15) is 0 Å². The van der Waals surface area contributed by atoms with Crippen molar-refractivity contribution in [3.8, 4) is 17.1 Å². The van der Waals surface area contributed by atoms with Crippen molar-refractivity contribution in [2.24, 2.45) is 0 Å². The molecule has 0 aliphatic rings. The maximum absolute atomic E-state index is 8.37. The molecule has 3 aromatic carbocycles. The summed E-state index contributed by atoms with van der Waals surface area (Å²) < 4.78 is 16.7. The zero-order valence-corrected chi connectivity index (χ0v) is 17.1. The van der Waals surface area contributed by atoms with Crippen LogP contribution in [-0.2, 0) is 0 Å². The van der Waals surface area contributed by atoms with Crippen molar-refractivity contribution in [3.63, 3.8) is 0 Å². The fourth-order valence-electron chi connectivity index (χ4n) is 4.03. The summed E-state index contributed by atoms with van der Waals surface area (Å²) >= 11 is 0. The standard InChI is InChI=1S/C25H19N5O/c1-15(2)16-11-12-18-19-9-6-10-20(22(19)31-21(18)13-16)24-28-23-25(26-14-27-29-23)30(24)17-7-4-3-5-8-17/h3-15H,1-2H3/i15D. The van der Waals surface area contributed by atoms with Crippen molar-refractivity contribution in [2.75, 3.05) is 0 Å². The van der Waals surface area contributed by atoms with Crippen molar-refractivity contribution in [2.45, 2.75) is 19.7 Å². The molecular weight excluding hydrogens is 386 g/mol. The Morgan fingerprint density at radius 1 is 0.968 bits per heavy atom. The number of furan rings is 1. The molecule has 3 aromatic heterocycles. The van der Waals surface area contributed by atoms with Crippen LogP contribution < -0.4 is 0 Å². The van der Waals surface area contributed by atoms with E-state index in [-0.39, 0.29) is 0 Å². The lowest BCUT2D eigenvalue weighted by Gasteiger charge is -2.08. The molecule has 0 bridgehead atoms. The van der Waals surface area contributed by atoms with Crippen LogP contribution in [0, 0.1) is 0 Å². The quantitative estimate of drug-likeness (QED) is 0.366. The number of rotatable bonds is 3. The smallest absolute Gasteiger partial charge is 0.220 e. The van der Waals surface area contributed by atoms with Crippen molar-refractivity contribution in [3.05, 3.63) is 78.6 Å². The van der Waals surface area contributed by atoms with E-state index in [2.05, 4.69) is 15.2 Å². The number of imidazole rings is 1. The van der Waals surface area contributed by atoms with Gasteiger partial charge in [-0.1, -0.05) is 56.3 Å². The highest BCUT2D eigenvalue weighted by atomic mass is 16.3. The second kappa shape index (κ2) is 6.74. The van der Waals surface area contributed by atoms with Crippen molar-refractivity contribution >= 4 is 33.2 Å². The molecule has 0 aliphatic carbocycles. The largest absolute Gasteiger partial charge is 0.455 e. The van der Waals surface area contributed by atoms with Gasteiger partial charge in [-0.3, -0.25) is 4.57 Å². The molecule has 150 valence electrons. The fraction of sp³-hybridized carbons (Fsp3) is 0.120. The molecule has 6 aromatic rings. The Morgan fingerprint density at radius 2 is 1.84 bits per heavy atom. The highest BCUT2D eigenvalue weighted by Crippen LogP contribution is 2.37. The Labute approximate surface area is 179 Å². The van der Waals surface area contributed by atoms with E-state index < -0.39 is 5.89 Å². The van der Waals surface area contributed by atoms with Gasteiger partial charge in [0.2, 0.25) is 5.65 Å². The molecule has 6 heteroatoms. The number of hydrogen-bond donors (Lipinski definition) is 0. The van der Waals surface area contributed by atoms with Crippen LogP contribution in [0.3, 0.4) is 0 Å². The number of nitrogens with zero attached hydrogens (tertiary/aromatic N) is 5. The molecular formula is C25H19N5O. The van der Waals surface area contributed by atoms with Crippen LogP contribution in [0.2, 0.25) is 0 Å². The minimum Gasteiger partial charge on any atom is -0.455 e.